The summed E-state index contributed by atoms with van der Waals surface area (Å²) < 4.78 is 1.34. The van der Waals surface area contributed by atoms with Gasteiger partial charge < -0.3 is 5.32 Å². The predicted molar refractivity (Wildman–Crippen MR) is 74.6 cm³/mol. The Balaban J connectivity index is 2.09. The van der Waals surface area contributed by atoms with Crippen LogP contribution in [0.4, 0.5) is 5.69 Å². The van der Waals surface area contributed by atoms with E-state index in [1.54, 1.807) is 19.1 Å². The predicted octanol–water partition coefficient (Wildman–Crippen LogP) is 2.40. The summed E-state index contributed by atoms with van der Waals surface area (Å²) in [5.74, 6) is -0.327. The number of halogens is 2. The Morgan fingerprint density at radius 3 is 2.85 bits per heavy atom. The number of carbonyl (C=O) groups is 1. The molecule has 0 aliphatic heterocycles. The van der Waals surface area contributed by atoms with Crippen molar-refractivity contribution in [1.29, 1.82) is 5.26 Å². The van der Waals surface area contributed by atoms with Crippen molar-refractivity contribution in [3.8, 4) is 6.07 Å². The Hall–Kier alpha value is -2.10. The molecule has 0 saturated heterocycles. The summed E-state index contributed by atoms with van der Waals surface area (Å²) in [5, 5.41) is 19.6. The molecule has 1 heterocycles. The third kappa shape index (κ3) is 3.07. The molecule has 0 atom stereocenters. The number of carbonyl (C=O) groups excluding carboxylic acids is 1. The maximum Gasteiger partial charge on any atom is 0.246 e. The van der Waals surface area contributed by atoms with Crippen molar-refractivity contribution in [2.75, 3.05) is 5.32 Å². The van der Waals surface area contributed by atoms with Crippen LogP contribution in [0.25, 0.3) is 0 Å². The molecule has 1 aromatic carbocycles. The lowest BCUT2D eigenvalue weighted by molar-refractivity contribution is -0.117. The van der Waals surface area contributed by atoms with Crippen LogP contribution >= 0.6 is 23.2 Å². The van der Waals surface area contributed by atoms with Gasteiger partial charge in [0.25, 0.3) is 0 Å². The topological polar surface area (TPSA) is 83.6 Å². The maximum atomic E-state index is 11.9. The minimum Gasteiger partial charge on any atom is -0.323 e. The Labute approximate surface area is 124 Å². The lowest BCUT2D eigenvalue weighted by atomic mass is 10.3. The van der Waals surface area contributed by atoms with E-state index in [9.17, 15) is 4.79 Å². The van der Waals surface area contributed by atoms with Gasteiger partial charge in [-0.1, -0.05) is 28.4 Å². The molecule has 2 rings (SSSR count). The van der Waals surface area contributed by atoms with E-state index in [-0.39, 0.29) is 18.1 Å². The van der Waals surface area contributed by atoms with Crippen LogP contribution in [0.15, 0.2) is 18.2 Å². The molecule has 0 bridgehead atoms. The van der Waals surface area contributed by atoms with Gasteiger partial charge in [-0.2, -0.15) is 5.26 Å². The zero-order chi connectivity index (χ0) is 14.7. The van der Waals surface area contributed by atoms with Crippen LogP contribution in [0.5, 0.6) is 0 Å². The van der Waals surface area contributed by atoms with Crippen LogP contribution in [0.3, 0.4) is 0 Å². The highest BCUT2D eigenvalue weighted by Gasteiger charge is 2.12. The van der Waals surface area contributed by atoms with Crippen LogP contribution in [0.1, 0.15) is 11.4 Å². The lowest BCUT2D eigenvalue weighted by Gasteiger charge is -2.08. The monoisotopic (exact) mass is 309 g/mol. The number of nitrogens with one attached hydrogen (secondary N) is 1. The molecule has 2 aromatic rings. The van der Waals surface area contributed by atoms with Gasteiger partial charge in [0.2, 0.25) is 5.91 Å². The first-order valence-electron chi connectivity index (χ1n) is 5.56. The molecule has 0 fully saturated rings. The van der Waals surface area contributed by atoms with Gasteiger partial charge in [-0.05, 0) is 25.1 Å². The first-order chi connectivity index (χ1) is 9.51. The van der Waals surface area contributed by atoms with Gasteiger partial charge in [0, 0.05) is 5.02 Å². The van der Waals surface area contributed by atoms with Gasteiger partial charge in [0.05, 0.1) is 16.4 Å². The van der Waals surface area contributed by atoms with Crippen molar-refractivity contribution in [2.45, 2.75) is 13.5 Å². The van der Waals surface area contributed by atoms with E-state index < -0.39 is 0 Å². The summed E-state index contributed by atoms with van der Waals surface area (Å²) in [6, 6.07) is 6.66. The van der Waals surface area contributed by atoms with Crippen molar-refractivity contribution < 1.29 is 4.79 Å². The molecule has 0 unspecified atom stereocenters. The zero-order valence-electron chi connectivity index (χ0n) is 10.4. The van der Waals surface area contributed by atoms with Gasteiger partial charge >= 0.3 is 0 Å². The largest absolute Gasteiger partial charge is 0.323 e. The fraction of sp³-hybridized carbons (Fsp3) is 0.167. The van der Waals surface area contributed by atoms with E-state index in [4.69, 9.17) is 28.5 Å². The fourth-order valence-corrected chi connectivity index (χ4v) is 1.99. The Morgan fingerprint density at radius 2 is 2.25 bits per heavy atom. The van der Waals surface area contributed by atoms with Crippen molar-refractivity contribution in [3.05, 3.63) is 39.6 Å². The normalized spacial score (nSPS) is 10.1. The summed E-state index contributed by atoms with van der Waals surface area (Å²) in [7, 11) is 0. The number of nitriles is 1. The van der Waals surface area contributed by atoms with Gasteiger partial charge in [-0.25, -0.2) is 4.68 Å². The molecule has 0 saturated carbocycles. The molecular formula is C12H9Cl2N5O. The second-order valence-electron chi connectivity index (χ2n) is 3.97. The molecule has 1 N–H and O–H groups in total. The minimum atomic E-state index is -0.327. The molecule has 6 nitrogen and oxygen atoms in total. The second kappa shape index (κ2) is 5.90. The summed E-state index contributed by atoms with van der Waals surface area (Å²) >= 11 is 11.7. The number of amides is 1. The molecule has 1 amide bonds. The number of hydrogen-bond donors (Lipinski definition) is 1. The van der Waals surface area contributed by atoms with Gasteiger partial charge in [-0.3, -0.25) is 4.79 Å². The molecule has 8 heteroatoms. The summed E-state index contributed by atoms with van der Waals surface area (Å²) in [5.41, 5.74) is 1.19. The number of benzene rings is 1. The highest BCUT2D eigenvalue weighted by molar-refractivity contribution is 6.36. The first kappa shape index (κ1) is 14.3. The van der Waals surface area contributed by atoms with E-state index in [2.05, 4.69) is 15.6 Å². The fourth-order valence-electron chi connectivity index (χ4n) is 1.53. The third-order valence-electron chi connectivity index (χ3n) is 2.59. The minimum absolute atomic E-state index is 0.0561. The second-order valence-corrected chi connectivity index (χ2v) is 4.81. The van der Waals surface area contributed by atoms with Crippen molar-refractivity contribution in [2.24, 2.45) is 0 Å². The van der Waals surface area contributed by atoms with Crippen LogP contribution < -0.4 is 5.32 Å². The summed E-state index contributed by atoms with van der Waals surface area (Å²) in [6.07, 6.45) is 0. The average molecular weight is 310 g/mol. The van der Waals surface area contributed by atoms with E-state index in [0.717, 1.165) is 0 Å². The average Bonchev–Trinajstić information content (AvgIpc) is 2.74. The molecule has 1 aromatic heterocycles. The lowest BCUT2D eigenvalue weighted by Crippen LogP contribution is -2.20. The number of rotatable bonds is 3. The number of nitrogens with zero attached hydrogens (tertiary/aromatic N) is 4. The zero-order valence-corrected chi connectivity index (χ0v) is 11.9. The van der Waals surface area contributed by atoms with Gasteiger partial charge in [-0.15, -0.1) is 5.10 Å². The number of anilines is 1. The van der Waals surface area contributed by atoms with Crippen molar-refractivity contribution in [3.63, 3.8) is 0 Å². The molecule has 102 valence electrons. The molecule has 0 radical (unpaired) electrons. The SMILES string of the molecule is Cc1c(C#N)nnn1CC(=O)Nc1ccc(Cl)cc1Cl. The van der Waals surface area contributed by atoms with Crippen molar-refractivity contribution in [1.82, 2.24) is 15.0 Å². The Morgan fingerprint density at radius 1 is 1.50 bits per heavy atom. The summed E-state index contributed by atoms with van der Waals surface area (Å²) in [4.78, 5) is 11.9. The Bertz CT molecular complexity index is 704. The van der Waals surface area contributed by atoms with E-state index >= 15 is 0 Å². The maximum absolute atomic E-state index is 11.9. The number of aromatic nitrogens is 3. The summed E-state index contributed by atoms with van der Waals surface area (Å²) in [6.45, 7) is 1.61. The van der Waals surface area contributed by atoms with Crippen LogP contribution in [-0.4, -0.2) is 20.9 Å². The van der Waals surface area contributed by atoms with Crippen LogP contribution in [0, 0.1) is 18.3 Å². The highest BCUT2D eigenvalue weighted by atomic mass is 35.5. The van der Waals surface area contributed by atoms with E-state index in [1.165, 1.54) is 10.7 Å². The van der Waals surface area contributed by atoms with Gasteiger partial charge in [0.1, 0.15) is 12.6 Å². The van der Waals surface area contributed by atoms with Crippen LogP contribution in [0.2, 0.25) is 10.0 Å². The van der Waals surface area contributed by atoms with Gasteiger partial charge in [0.15, 0.2) is 5.69 Å². The molecule has 20 heavy (non-hydrogen) atoms. The Kier molecular flexibility index (Phi) is 4.23. The van der Waals surface area contributed by atoms with E-state index in [0.29, 0.717) is 21.4 Å². The molecule has 0 aliphatic carbocycles. The molecule has 0 aliphatic rings. The molecular weight excluding hydrogens is 301 g/mol. The smallest absolute Gasteiger partial charge is 0.246 e. The van der Waals surface area contributed by atoms with E-state index in [1.807, 2.05) is 6.07 Å². The third-order valence-corrected chi connectivity index (χ3v) is 3.13. The number of hydrogen-bond acceptors (Lipinski definition) is 4. The van der Waals surface area contributed by atoms with Crippen LogP contribution in [-0.2, 0) is 11.3 Å². The van der Waals surface area contributed by atoms with Crippen molar-refractivity contribution >= 4 is 34.8 Å². The quantitative estimate of drug-likeness (QED) is 0.943. The first-order valence-corrected chi connectivity index (χ1v) is 6.32. The molecule has 0 spiro atoms. The highest BCUT2D eigenvalue weighted by Crippen LogP contribution is 2.25. The standard InChI is InChI=1S/C12H9Cl2N5O/c1-7-11(5-15)17-18-19(7)6-12(20)16-10-3-2-8(13)4-9(10)14/h2-4H,6H2,1H3,(H,16,20).